The summed E-state index contributed by atoms with van der Waals surface area (Å²) in [6.45, 7) is 0. The molecule has 1 unspecified atom stereocenters. The molecule has 1 aromatic rings. The monoisotopic (exact) mass is 284 g/mol. The van der Waals surface area contributed by atoms with Crippen LogP contribution >= 0.6 is 0 Å². The minimum Gasteiger partial charge on any atom is -0.350 e. The molecule has 1 fully saturated rings. The van der Waals surface area contributed by atoms with Gasteiger partial charge in [-0.25, -0.2) is 0 Å². The van der Waals surface area contributed by atoms with Crippen molar-refractivity contribution in [2.75, 3.05) is 0 Å². The number of rotatable bonds is 1. The van der Waals surface area contributed by atoms with Crippen LogP contribution in [-0.2, 0) is 4.74 Å². The number of halogens is 6. The Labute approximate surface area is 105 Å². The van der Waals surface area contributed by atoms with Crippen molar-refractivity contribution in [3.05, 3.63) is 35.9 Å². The predicted octanol–water partition coefficient (Wildman–Crippen LogP) is 4.40. The average Bonchev–Trinajstić information content (AvgIpc) is 2.75. The van der Waals surface area contributed by atoms with Gasteiger partial charge in [0.2, 0.25) is 0 Å². The van der Waals surface area contributed by atoms with E-state index in [1.165, 1.54) is 12.1 Å². The van der Waals surface area contributed by atoms with E-state index in [0.29, 0.717) is 5.56 Å². The van der Waals surface area contributed by atoms with E-state index < -0.39 is 30.5 Å². The molecule has 0 aromatic heterocycles. The first kappa shape index (κ1) is 14.2. The molecule has 7 heteroatoms. The second kappa shape index (κ2) is 4.40. The average molecular weight is 284 g/mol. The first-order valence-electron chi connectivity index (χ1n) is 5.53. The van der Waals surface area contributed by atoms with Crippen LogP contribution in [0.4, 0.5) is 26.3 Å². The van der Waals surface area contributed by atoms with E-state index in [2.05, 4.69) is 4.74 Å². The molecule has 0 radical (unpaired) electrons. The van der Waals surface area contributed by atoms with Gasteiger partial charge in [0.25, 0.3) is 5.60 Å². The summed E-state index contributed by atoms with van der Waals surface area (Å²) < 4.78 is 80.9. The Hall–Kier alpha value is -1.24. The number of alkyl halides is 6. The van der Waals surface area contributed by atoms with Gasteiger partial charge in [0.15, 0.2) is 0 Å². The van der Waals surface area contributed by atoms with Crippen LogP contribution in [0.15, 0.2) is 30.3 Å². The standard InChI is InChI=1S/C12H10F6O/c13-11(14,15)10(12(16,17)18)7-6-9(19-10)8-4-2-1-3-5-8/h1-5,9H,6-7H2. The third-order valence-electron chi connectivity index (χ3n) is 3.19. The lowest BCUT2D eigenvalue weighted by molar-refractivity contribution is -0.375. The molecule has 0 spiro atoms. The molecule has 0 N–H and O–H groups in total. The third kappa shape index (κ3) is 2.31. The highest BCUT2D eigenvalue weighted by Crippen LogP contribution is 2.55. The highest BCUT2D eigenvalue weighted by molar-refractivity contribution is 5.20. The molecule has 1 heterocycles. The lowest BCUT2D eigenvalue weighted by Gasteiger charge is -2.33. The van der Waals surface area contributed by atoms with Crippen molar-refractivity contribution in [2.45, 2.75) is 36.9 Å². The summed E-state index contributed by atoms with van der Waals surface area (Å²) in [5.41, 5.74) is -3.74. The van der Waals surface area contributed by atoms with Gasteiger partial charge in [-0.2, -0.15) is 26.3 Å². The maximum atomic E-state index is 12.8. The second-order valence-electron chi connectivity index (χ2n) is 4.38. The van der Waals surface area contributed by atoms with Gasteiger partial charge in [0, 0.05) is 0 Å². The van der Waals surface area contributed by atoms with Crippen LogP contribution in [-0.4, -0.2) is 18.0 Å². The van der Waals surface area contributed by atoms with Crippen LogP contribution in [0.3, 0.4) is 0 Å². The fourth-order valence-electron chi connectivity index (χ4n) is 2.18. The summed E-state index contributed by atoms with van der Waals surface area (Å²) in [6, 6.07) is 7.61. The second-order valence-corrected chi connectivity index (χ2v) is 4.38. The van der Waals surface area contributed by atoms with E-state index in [1.807, 2.05) is 0 Å². The Morgan fingerprint density at radius 1 is 0.947 bits per heavy atom. The van der Waals surface area contributed by atoms with E-state index in [9.17, 15) is 26.3 Å². The number of ether oxygens (including phenoxy) is 1. The van der Waals surface area contributed by atoms with Crippen molar-refractivity contribution in [3.8, 4) is 0 Å². The zero-order chi connectivity index (χ0) is 14.3. The zero-order valence-electron chi connectivity index (χ0n) is 9.55. The highest BCUT2D eigenvalue weighted by Gasteiger charge is 2.74. The summed E-state index contributed by atoms with van der Waals surface area (Å²) >= 11 is 0. The smallest absolute Gasteiger partial charge is 0.350 e. The topological polar surface area (TPSA) is 9.23 Å². The minimum absolute atomic E-state index is 0.316. The lowest BCUT2D eigenvalue weighted by Crippen LogP contribution is -2.56. The van der Waals surface area contributed by atoms with Gasteiger partial charge < -0.3 is 4.74 Å². The van der Waals surface area contributed by atoms with Gasteiger partial charge in [-0.15, -0.1) is 0 Å². The molecular formula is C12H10F6O. The van der Waals surface area contributed by atoms with Crippen molar-refractivity contribution in [1.82, 2.24) is 0 Å². The Morgan fingerprint density at radius 3 is 1.89 bits per heavy atom. The zero-order valence-corrected chi connectivity index (χ0v) is 9.55. The van der Waals surface area contributed by atoms with Gasteiger partial charge in [-0.1, -0.05) is 30.3 Å². The Morgan fingerprint density at radius 2 is 1.47 bits per heavy atom. The molecule has 1 atom stereocenters. The van der Waals surface area contributed by atoms with Crippen LogP contribution in [0.1, 0.15) is 24.5 Å². The number of benzene rings is 1. The van der Waals surface area contributed by atoms with Gasteiger partial charge >= 0.3 is 12.4 Å². The van der Waals surface area contributed by atoms with Crippen LogP contribution in [0.25, 0.3) is 0 Å². The number of hydrogen-bond acceptors (Lipinski definition) is 1. The van der Waals surface area contributed by atoms with E-state index >= 15 is 0 Å². The Kier molecular flexibility index (Phi) is 3.28. The largest absolute Gasteiger partial charge is 0.426 e. The molecule has 2 rings (SSSR count). The molecule has 106 valence electrons. The normalized spacial score (nSPS) is 23.6. The molecule has 0 bridgehead atoms. The van der Waals surface area contributed by atoms with Gasteiger partial charge in [-0.3, -0.25) is 0 Å². The Bertz CT molecular complexity index is 422. The first-order valence-corrected chi connectivity index (χ1v) is 5.53. The van der Waals surface area contributed by atoms with E-state index in [-0.39, 0.29) is 6.42 Å². The van der Waals surface area contributed by atoms with Crippen molar-refractivity contribution in [3.63, 3.8) is 0 Å². The van der Waals surface area contributed by atoms with Crippen LogP contribution < -0.4 is 0 Å². The maximum Gasteiger partial charge on any atom is 0.426 e. The fourth-order valence-corrected chi connectivity index (χ4v) is 2.18. The van der Waals surface area contributed by atoms with Crippen LogP contribution in [0.5, 0.6) is 0 Å². The van der Waals surface area contributed by atoms with Crippen molar-refractivity contribution in [1.29, 1.82) is 0 Å². The minimum atomic E-state index is -5.48. The van der Waals surface area contributed by atoms with Crippen molar-refractivity contribution in [2.24, 2.45) is 0 Å². The van der Waals surface area contributed by atoms with Crippen molar-refractivity contribution >= 4 is 0 Å². The van der Waals surface area contributed by atoms with E-state index in [0.717, 1.165) is 0 Å². The first-order chi connectivity index (χ1) is 8.67. The molecule has 1 saturated heterocycles. The summed E-state index contributed by atoms with van der Waals surface area (Å²) in [7, 11) is 0. The molecule has 19 heavy (non-hydrogen) atoms. The molecular weight excluding hydrogens is 274 g/mol. The van der Waals surface area contributed by atoms with E-state index in [4.69, 9.17) is 0 Å². The summed E-state index contributed by atoms with van der Waals surface area (Å²) in [6.07, 6.45) is -13.6. The van der Waals surface area contributed by atoms with Gasteiger partial charge in [0.1, 0.15) is 0 Å². The maximum absolute atomic E-state index is 12.8. The highest BCUT2D eigenvalue weighted by atomic mass is 19.4. The predicted molar refractivity (Wildman–Crippen MR) is 54.3 cm³/mol. The van der Waals surface area contributed by atoms with Gasteiger partial charge in [0.05, 0.1) is 6.10 Å². The summed E-state index contributed by atoms with van der Waals surface area (Å²) in [4.78, 5) is 0. The molecule has 0 saturated carbocycles. The fraction of sp³-hybridized carbons (Fsp3) is 0.500. The molecule has 1 aliphatic rings. The van der Waals surface area contributed by atoms with E-state index in [1.54, 1.807) is 18.2 Å². The van der Waals surface area contributed by atoms with Crippen molar-refractivity contribution < 1.29 is 31.1 Å². The third-order valence-corrected chi connectivity index (χ3v) is 3.19. The molecule has 0 amide bonds. The SMILES string of the molecule is FC(F)(F)C1(C(F)(F)F)CCC(c2ccccc2)O1. The molecule has 1 aliphatic heterocycles. The van der Waals surface area contributed by atoms with Crippen LogP contribution in [0, 0.1) is 0 Å². The molecule has 1 nitrogen and oxygen atoms in total. The van der Waals surface area contributed by atoms with Crippen LogP contribution in [0.2, 0.25) is 0 Å². The summed E-state index contributed by atoms with van der Waals surface area (Å²) in [5.74, 6) is 0. The Balaban J connectivity index is 2.32. The van der Waals surface area contributed by atoms with Gasteiger partial charge in [-0.05, 0) is 18.4 Å². The molecule has 1 aromatic carbocycles. The quantitative estimate of drug-likeness (QED) is 0.694. The number of hydrogen-bond donors (Lipinski definition) is 0. The summed E-state index contributed by atoms with van der Waals surface area (Å²) in [5, 5.41) is 0. The lowest BCUT2D eigenvalue weighted by atomic mass is 9.97. The molecule has 0 aliphatic carbocycles.